The van der Waals surface area contributed by atoms with Gasteiger partial charge < -0.3 is 25.1 Å². The van der Waals surface area contributed by atoms with Crippen LogP contribution in [0.1, 0.15) is 24.7 Å². The predicted molar refractivity (Wildman–Crippen MR) is 94.6 cm³/mol. The molecule has 2 heterocycles. The van der Waals surface area contributed by atoms with Crippen LogP contribution in [0.15, 0.2) is 22.6 Å². The lowest BCUT2D eigenvalue weighted by molar-refractivity contribution is -0.128. The van der Waals surface area contributed by atoms with Gasteiger partial charge in [-0.1, -0.05) is 19.1 Å². The molecule has 3 rings (SSSR count). The first kappa shape index (κ1) is 17.3. The number of carbonyl (C=O) groups excluding carboxylic acids is 2. The van der Waals surface area contributed by atoms with Crippen molar-refractivity contribution in [1.82, 2.24) is 10.2 Å². The van der Waals surface area contributed by atoms with Crippen molar-refractivity contribution >= 4 is 28.6 Å². The van der Waals surface area contributed by atoms with Gasteiger partial charge in [-0.05, 0) is 25.0 Å². The lowest BCUT2D eigenvalue weighted by Gasteiger charge is -2.34. The maximum atomic E-state index is 12.7. The van der Waals surface area contributed by atoms with Crippen molar-refractivity contribution in [3.63, 3.8) is 0 Å². The molecule has 7 nitrogen and oxygen atoms in total. The Balaban J connectivity index is 1.87. The van der Waals surface area contributed by atoms with E-state index in [1.807, 2.05) is 26.0 Å². The standard InChI is InChI=1S/C18H23N3O4/c1-3-15-11(2)12-5-4-6-13(16(12)25-15)20-18(24)21-9-8-19-17(23)14(21)7-10-22/h4-6,14,22H,3,7-10H2,1-2H3,(H,19,23)(H,20,24)/t14-/m1/s1. The maximum Gasteiger partial charge on any atom is 0.322 e. The Morgan fingerprint density at radius 2 is 2.28 bits per heavy atom. The second-order valence-corrected chi connectivity index (χ2v) is 6.13. The highest BCUT2D eigenvalue weighted by Crippen LogP contribution is 2.31. The molecule has 0 saturated carbocycles. The van der Waals surface area contributed by atoms with Gasteiger partial charge in [-0.25, -0.2) is 4.79 Å². The van der Waals surface area contributed by atoms with E-state index in [1.54, 1.807) is 6.07 Å². The molecule has 1 atom stereocenters. The first-order chi connectivity index (χ1) is 12.1. The van der Waals surface area contributed by atoms with Crippen molar-refractivity contribution in [1.29, 1.82) is 0 Å². The molecule has 2 aromatic rings. The Kier molecular flexibility index (Phi) is 4.94. The number of urea groups is 1. The molecular formula is C18H23N3O4. The van der Waals surface area contributed by atoms with Crippen molar-refractivity contribution in [2.75, 3.05) is 25.0 Å². The third kappa shape index (κ3) is 3.19. The van der Waals surface area contributed by atoms with Crippen LogP contribution in [0, 0.1) is 6.92 Å². The van der Waals surface area contributed by atoms with Crippen LogP contribution in [0.25, 0.3) is 11.0 Å². The summed E-state index contributed by atoms with van der Waals surface area (Å²) in [7, 11) is 0. The van der Waals surface area contributed by atoms with E-state index >= 15 is 0 Å². The van der Waals surface area contributed by atoms with Crippen molar-refractivity contribution in [3.8, 4) is 0 Å². The molecule has 0 aliphatic carbocycles. The van der Waals surface area contributed by atoms with E-state index in [1.165, 1.54) is 4.90 Å². The molecule has 3 amide bonds. The number of benzene rings is 1. The third-order valence-corrected chi connectivity index (χ3v) is 4.62. The average molecular weight is 345 g/mol. The van der Waals surface area contributed by atoms with Crippen LogP contribution in [0.2, 0.25) is 0 Å². The van der Waals surface area contributed by atoms with Crippen LogP contribution < -0.4 is 10.6 Å². The van der Waals surface area contributed by atoms with Gasteiger partial charge in [0, 0.05) is 31.5 Å². The van der Waals surface area contributed by atoms with Crippen molar-refractivity contribution < 1.29 is 19.1 Å². The summed E-state index contributed by atoms with van der Waals surface area (Å²) in [5.41, 5.74) is 2.30. The summed E-state index contributed by atoms with van der Waals surface area (Å²) in [6.07, 6.45) is 0.988. The summed E-state index contributed by atoms with van der Waals surface area (Å²) in [5, 5.41) is 15.7. The van der Waals surface area contributed by atoms with Crippen LogP contribution >= 0.6 is 0 Å². The maximum absolute atomic E-state index is 12.7. The molecule has 0 spiro atoms. The SMILES string of the molecule is CCc1oc2c(NC(=O)N3CCNC(=O)[C@H]3CCO)cccc2c1C. The highest BCUT2D eigenvalue weighted by molar-refractivity contribution is 6.01. The fourth-order valence-corrected chi connectivity index (χ4v) is 3.28. The number of aliphatic hydroxyl groups is 1. The number of fused-ring (bicyclic) bond motifs is 1. The highest BCUT2D eigenvalue weighted by atomic mass is 16.3. The number of carbonyl (C=O) groups is 2. The minimum atomic E-state index is -0.664. The molecule has 1 aromatic heterocycles. The number of para-hydroxylation sites is 1. The van der Waals surface area contributed by atoms with Gasteiger partial charge >= 0.3 is 6.03 Å². The highest BCUT2D eigenvalue weighted by Gasteiger charge is 2.32. The molecule has 0 radical (unpaired) electrons. The number of anilines is 1. The number of rotatable bonds is 4. The topological polar surface area (TPSA) is 94.8 Å². The van der Waals surface area contributed by atoms with Crippen molar-refractivity contribution in [2.24, 2.45) is 0 Å². The van der Waals surface area contributed by atoms with E-state index in [0.29, 0.717) is 24.4 Å². The van der Waals surface area contributed by atoms with Gasteiger partial charge in [0.2, 0.25) is 5.91 Å². The molecular weight excluding hydrogens is 322 g/mol. The number of amides is 3. The van der Waals surface area contributed by atoms with Gasteiger partial charge in [-0.15, -0.1) is 0 Å². The van der Waals surface area contributed by atoms with Crippen LogP contribution in [0.4, 0.5) is 10.5 Å². The second kappa shape index (κ2) is 7.14. The minimum absolute atomic E-state index is 0.158. The number of nitrogens with one attached hydrogen (secondary N) is 2. The molecule has 3 N–H and O–H groups in total. The van der Waals surface area contributed by atoms with Crippen molar-refractivity contribution in [2.45, 2.75) is 32.7 Å². The van der Waals surface area contributed by atoms with Gasteiger partial charge in [-0.3, -0.25) is 4.79 Å². The molecule has 25 heavy (non-hydrogen) atoms. The first-order valence-electron chi connectivity index (χ1n) is 8.54. The van der Waals surface area contributed by atoms with E-state index in [-0.39, 0.29) is 25.0 Å². The summed E-state index contributed by atoms with van der Waals surface area (Å²) in [5.74, 6) is 0.656. The Bertz CT molecular complexity index is 799. The Hall–Kier alpha value is -2.54. The fourth-order valence-electron chi connectivity index (χ4n) is 3.28. The Labute approximate surface area is 146 Å². The van der Waals surface area contributed by atoms with Gasteiger partial charge in [0.05, 0.1) is 5.69 Å². The summed E-state index contributed by atoms with van der Waals surface area (Å²) < 4.78 is 5.91. The van der Waals surface area contributed by atoms with Gasteiger partial charge in [0.1, 0.15) is 11.8 Å². The smallest absolute Gasteiger partial charge is 0.322 e. The second-order valence-electron chi connectivity index (χ2n) is 6.13. The number of hydrogen-bond donors (Lipinski definition) is 3. The van der Waals surface area contributed by atoms with Gasteiger partial charge in [0.25, 0.3) is 0 Å². The molecule has 1 fully saturated rings. The van der Waals surface area contributed by atoms with Crippen LogP contribution in [0.5, 0.6) is 0 Å². The van der Waals surface area contributed by atoms with Crippen LogP contribution in [-0.4, -0.2) is 47.7 Å². The van der Waals surface area contributed by atoms with E-state index < -0.39 is 6.04 Å². The van der Waals surface area contributed by atoms with Gasteiger partial charge in [-0.2, -0.15) is 0 Å². The zero-order chi connectivity index (χ0) is 18.0. The molecule has 1 aliphatic rings. The Morgan fingerprint density at radius 3 is 3.00 bits per heavy atom. The fraction of sp³-hybridized carbons (Fsp3) is 0.444. The quantitative estimate of drug-likeness (QED) is 0.790. The van der Waals surface area contributed by atoms with E-state index in [4.69, 9.17) is 4.42 Å². The average Bonchev–Trinajstić information content (AvgIpc) is 2.94. The lowest BCUT2D eigenvalue weighted by Crippen LogP contribution is -2.58. The molecule has 1 aromatic carbocycles. The zero-order valence-electron chi connectivity index (χ0n) is 14.5. The van der Waals surface area contributed by atoms with Gasteiger partial charge in [0.15, 0.2) is 5.58 Å². The summed E-state index contributed by atoms with van der Waals surface area (Å²) in [6.45, 7) is 4.67. The minimum Gasteiger partial charge on any atom is -0.459 e. The normalized spacial score (nSPS) is 17.6. The van der Waals surface area contributed by atoms with E-state index in [0.717, 1.165) is 23.1 Å². The number of aryl methyl sites for hydroxylation is 2. The largest absolute Gasteiger partial charge is 0.459 e. The number of hydrogen-bond acceptors (Lipinski definition) is 4. The van der Waals surface area contributed by atoms with E-state index in [2.05, 4.69) is 10.6 Å². The summed E-state index contributed by atoms with van der Waals surface area (Å²) in [4.78, 5) is 26.2. The third-order valence-electron chi connectivity index (χ3n) is 4.62. The summed E-state index contributed by atoms with van der Waals surface area (Å²) >= 11 is 0. The van der Waals surface area contributed by atoms with Crippen LogP contribution in [-0.2, 0) is 11.2 Å². The molecule has 1 aliphatic heterocycles. The summed E-state index contributed by atoms with van der Waals surface area (Å²) in [6, 6.07) is 4.59. The molecule has 1 saturated heterocycles. The molecule has 7 heteroatoms. The first-order valence-corrected chi connectivity index (χ1v) is 8.54. The van der Waals surface area contributed by atoms with Crippen molar-refractivity contribution in [3.05, 3.63) is 29.5 Å². The lowest BCUT2D eigenvalue weighted by atomic mass is 10.1. The zero-order valence-corrected chi connectivity index (χ0v) is 14.5. The molecule has 134 valence electrons. The number of aliphatic hydroxyl groups excluding tert-OH is 1. The predicted octanol–water partition coefficient (Wildman–Crippen LogP) is 2.02. The number of nitrogens with zero attached hydrogens (tertiary/aromatic N) is 1. The monoisotopic (exact) mass is 345 g/mol. The molecule has 0 unspecified atom stereocenters. The molecule has 0 bridgehead atoms. The van der Waals surface area contributed by atoms with E-state index in [9.17, 15) is 14.7 Å². The number of furan rings is 1. The van der Waals surface area contributed by atoms with Crippen LogP contribution in [0.3, 0.4) is 0 Å². The Morgan fingerprint density at radius 1 is 1.48 bits per heavy atom. The number of piperazine rings is 1.